The molecule has 11 rings (SSSR count). The Morgan fingerprint density at radius 1 is 0.339 bits per heavy atom. The van der Waals surface area contributed by atoms with Crippen LogP contribution in [0.2, 0.25) is 0 Å². The molecule has 0 saturated carbocycles. The molecule has 8 aromatic carbocycles. The quantitative estimate of drug-likeness (QED) is 0.169. The van der Waals surface area contributed by atoms with E-state index in [2.05, 4.69) is 166 Å². The van der Waals surface area contributed by atoms with Crippen molar-refractivity contribution in [3.05, 3.63) is 199 Å². The van der Waals surface area contributed by atoms with E-state index in [1.807, 2.05) is 36.4 Å². The molecule has 1 aromatic heterocycles. The van der Waals surface area contributed by atoms with Gasteiger partial charge in [-0.2, -0.15) is 0 Å². The van der Waals surface area contributed by atoms with Gasteiger partial charge in [0, 0.05) is 33.2 Å². The minimum Gasteiger partial charge on any atom is -0.449 e. The molecule has 0 N–H and O–H groups in total. The predicted octanol–water partition coefficient (Wildman–Crippen LogP) is 14.1. The van der Waals surface area contributed by atoms with E-state index in [0.29, 0.717) is 34.7 Å². The second kappa shape index (κ2) is 13.8. The summed E-state index contributed by atoms with van der Waals surface area (Å²) in [6, 6.07) is 64.8. The van der Waals surface area contributed by atoms with Crippen LogP contribution in [0.4, 0.5) is 0 Å². The second-order valence-corrected chi connectivity index (χ2v) is 15.6. The van der Waals surface area contributed by atoms with Crippen LogP contribution in [0.1, 0.15) is 25.0 Å². The summed E-state index contributed by atoms with van der Waals surface area (Å²) in [6.45, 7) is 4.55. The van der Waals surface area contributed by atoms with Gasteiger partial charge in [0.2, 0.25) is 0 Å². The van der Waals surface area contributed by atoms with Gasteiger partial charge in [-0.3, -0.25) is 0 Å². The van der Waals surface area contributed by atoms with Crippen LogP contribution in [0.15, 0.2) is 188 Å². The maximum absolute atomic E-state index is 6.80. The molecule has 1 aliphatic heterocycles. The predicted molar refractivity (Wildman–Crippen MR) is 237 cm³/mol. The summed E-state index contributed by atoms with van der Waals surface area (Å²) in [4.78, 5) is 15.4. The van der Waals surface area contributed by atoms with E-state index in [4.69, 9.17) is 24.4 Å². The molecule has 0 spiro atoms. The van der Waals surface area contributed by atoms with Gasteiger partial charge in [-0.15, -0.1) is 0 Å². The number of nitrogens with zero attached hydrogens (tertiary/aromatic N) is 3. The lowest BCUT2D eigenvalue weighted by Crippen LogP contribution is -2.15. The van der Waals surface area contributed by atoms with Crippen molar-refractivity contribution >= 4 is 0 Å². The van der Waals surface area contributed by atoms with Gasteiger partial charge in [0.05, 0.1) is 0 Å². The third-order valence-electron chi connectivity index (χ3n) is 11.6. The van der Waals surface area contributed by atoms with E-state index in [9.17, 15) is 0 Å². The number of hydrogen-bond donors (Lipinski definition) is 0. The molecular weight excluding hydrogens is 723 g/mol. The molecule has 9 aromatic rings. The SMILES string of the molecule is CC1(C)c2ccccc2-c2c1ccc1c2Oc2cccc(-c3cccc(-c4nc(-c5cccc(-c6ccccc6)c5)nc(-c5cccc(-c6ccccc6)c5)n4)c3)c2O1. The highest BCUT2D eigenvalue weighted by atomic mass is 16.6. The first-order valence-corrected chi connectivity index (χ1v) is 19.9. The topological polar surface area (TPSA) is 57.1 Å². The summed E-state index contributed by atoms with van der Waals surface area (Å²) in [5, 5.41) is 0. The van der Waals surface area contributed by atoms with Gasteiger partial charge < -0.3 is 9.47 Å². The lowest BCUT2D eigenvalue weighted by atomic mass is 9.82. The number of ether oxygens (including phenoxy) is 2. The highest BCUT2D eigenvalue weighted by molar-refractivity contribution is 5.89. The fourth-order valence-corrected chi connectivity index (χ4v) is 8.60. The Kier molecular flexibility index (Phi) is 8.09. The second-order valence-electron chi connectivity index (χ2n) is 15.6. The smallest absolute Gasteiger partial charge is 0.178 e. The monoisotopic (exact) mass is 759 g/mol. The van der Waals surface area contributed by atoms with Crippen molar-refractivity contribution in [2.45, 2.75) is 19.3 Å². The number of para-hydroxylation sites is 1. The van der Waals surface area contributed by atoms with E-state index in [1.165, 1.54) is 16.7 Å². The van der Waals surface area contributed by atoms with Gasteiger partial charge in [0.25, 0.3) is 0 Å². The third kappa shape index (κ3) is 5.98. The Morgan fingerprint density at radius 3 is 1.39 bits per heavy atom. The first kappa shape index (κ1) is 34.6. The third-order valence-corrected chi connectivity index (χ3v) is 11.6. The van der Waals surface area contributed by atoms with Crippen LogP contribution in [0.5, 0.6) is 23.0 Å². The molecule has 0 atom stereocenters. The lowest BCUT2D eigenvalue weighted by Gasteiger charge is -2.26. The summed E-state index contributed by atoms with van der Waals surface area (Å²) in [5.74, 6) is 4.59. The van der Waals surface area contributed by atoms with E-state index in [1.54, 1.807) is 0 Å². The Morgan fingerprint density at radius 2 is 0.780 bits per heavy atom. The first-order chi connectivity index (χ1) is 29.0. The maximum Gasteiger partial charge on any atom is 0.178 e. The molecule has 59 heavy (non-hydrogen) atoms. The van der Waals surface area contributed by atoms with Crippen LogP contribution >= 0.6 is 0 Å². The minimum absolute atomic E-state index is 0.142. The zero-order valence-corrected chi connectivity index (χ0v) is 32.6. The first-order valence-electron chi connectivity index (χ1n) is 19.9. The van der Waals surface area contributed by atoms with Crippen LogP contribution in [0, 0.1) is 0 Å². The van der Waals surface area contributed by atoms with E-state index >= 15 is 0 Å². The molecule has 5 heteroatoms. The molecule has 0 radical (unpaired) electrons. The zero-order valence-electron chi connectivity index (χ0n) is 32.6. The van der Waals surface area contributed by atoms with Crippen molar-refractivity contribution in [3.8, 4) is 102 Å². The van der Waals surface area contributed by atoms with Gasteiger partial charge in [-0.1, -0.05) is 172 Å². The summed E-state index contributed by atoms with van der Waals surface area (Å²) < 4.78 is 13.6. The average Bonchev–Trinajstić information content (AvgIpc) is 3.54. The van der Waals surface area contributed by atoms with E-state index < -0.39 is 0 Å². The molecule has 5 nitrogen and oxygen atoms in total. The molecule has 0 amide bonds. The van der Waals surface area contributed by atoms with Crippen LogP contribution in [-0.2, 0) is 5.41 Å². The summed E-state index contributed by atoms with van der Waals surface area (Å²) >= 11 is 0. The molecule has 2 heterocycles. The van der Waals surface area contributed by atoms with Crippen molar-refractivity contribution in [3.63, 3.8) is 0 Å². The number of benzene rings is 8. The number of fused-ring (bicyclic) bond motifs is 6. The molecular formula is C54H37N3O2. The zero-order chi connectivity index (χ0) is 39.5. The summed E-state index contributed by atoms with van der Waals surface area (Å²) in [5.41, 5.74) is 13.7. The van der Waals surface area contributed by atoms with Gasteiger partial charge >= 0.3 is 0 Å². The van der Waals surface area contributed by atoms with Crippen molar-refractivity contribution in [2.75, 3.05) is 0 Å². The molecule has 2 aliphatic rings. The Labute approximate surface area is 343 Å². The Bertz CT molecular complexity index is 2980. The molecule has 0 saturated heterocycles. The lowest BCUT2D eigenvalue weighted by molar-refractivity contribution is 0.361. The molecule has 1 aliphatic carbocycles. The highest BCUT2D eigenvalue weighted by Gasteiger charge is 2.39. The highest BCUT2D eigenvalue weighted by Crippen LogP contribution is 2.59. The van der Waals surface area contributed by atoms with Crippen molar-refractivity contribution in [1.29, 1.82) is 0 Å². The normalized spacial score (nSPS) is 13.0. The van der Waals surface area contributed by atoms with Crippen molar-refractivity contribution in [1.82, 2.24) is 15.0 Å². The van der Waals surface area contributed by atoms with Crippen LogP contribution < -0.4 is 9.47 Å². The summed E-state index contributed by atoms with van der Waals surface area (Å²) in [7, 11) is 0. The standard InChI is InChI=1S/C54H37N3O2/c1-54(2)44-27-10-9-25-43(44)48-45(54)29-30-47-50(48)59-46-28-14-26-42(49(46)58-47)38-21-13-24-41(33-38)53-56-51(39-22-11-19-36(31-39)34-15-5-3-6-16-34)55-52(57-53)40-23-12-20-37(32-40)35-17-7-4-8-18-35/h3-33H,1-2H3. The van der Waals surface area contributed by atoms with Crippen LogP contribution in [-0.4, -0.2) is 15.0 Å². The number of rotatable bonds is 6. The average molecular weight is 760 g/mol. The van der Waals surface area contributed by atoms with Gasteiger partial charge in [0.15, 0.2) is 40.5 Å². The fourth-order valence-electron chi connectivity index (χ4n) is 8.60. The Hall–Kier alpha value is -7.63. The summed E-state index contributed by atoms with van der Waals surface area (Å²) in [6.07, 6.45) is 0. The Balaban J connectivity index is 1.01. The number of aromatic nitrogens is 3. The van der Waals surface area contributed by atoms with Gasteiger partial charge in [-0.25, -0.2) is 15.0 Å². The fraction of sp³-hybridized carbons (Fsp3) is 0.0556. The van der Waals surface area contributed by atoms with Crippen molar-refractivity contribution < 1.29 is 9.47 Å². The van der Waals surface area contributed by atoms with Crippen LogP contribution in [0.3, 0.4) is 0 Å². The molecule has 0 fully saturated rings. The molecule has 0 bridgehead atoms. The van der Waals surface area contributed by atoms with Gasteiger partial charge in [-0.05, 0) is 74.8 Å². The van der Waals surface area contributed by atoms with Gasteiger partial charge in [0.1, 0.15) is 0 Å². The maximum atomic E-state index is 6.80. The molecule has 280 valence electrons. The minimum atomic E-state index is -0.142. The van der Waals surface area contributed by atoms with E-state index in [-0.39, 0.29) is 5.41 Å². The van der Waals surface area contributed by atoms with Crippen molar-refractivity contribution in [2.24, 2.45) is 0 Å². The molecule has 0 unspecified atom stereocenters. The van der Waals surface area contributed by atoms with E-state index in [0.717, 1.165) is 61.4 Å². The number of hydrogen-bond acceptors (Lipinski definition) is 5. The largest absolute Gasteiger partial charge is 0.449 e. The van der Waals surface area contributed by atoms with Crippen LogP contribution in [0.25, 0.3) is 78.7 Å².